The first-order valence-corrected chi connectivity index (χ1v) is 8.71. The van der Waals surface area contributed by atoms with Crippen LogP contribution in [-0.4, -0.2) is 48.2 Å². The van der Waals surface area contributed by atoms with Gasteiger partial charge in [0.1, 0.15) is 11.3 Å². The topological polar surface area (TPSA) is 104 Å². The Labute approximate surface area is 156 Å². The zero-order chi connectivity index (χ0) is 18.8. The van der Waals surface area contributed by atoms with Gasteiger partial charge in [0, 0.05) is 32.0 Å². The molecule has 27 heavy (non-hydrogen) atoms. The fourth-order valence-corrected chi connectivity index (χ4v) is 3.20. The van der Waals surface area contributed by atoms with Gasteiger partial charge in [-0.05, 0) is 30.7 Å². The SMILES string of the molecule is COCCCNc1nc2c3c(ccc2[nH]1)NC(=O)/C3=C\c1[nH]ccc1OC. The maximum atomic E-state index is 12.5. The minimum Gasteiger partial charge on any atom is -0.495 e. The van der Waals surface area contributed by atoms with Crippen molar-refractivity contribution in [2.75, 3.05) is 38.0 Å². The van der Waals surface area contributed by atoms with E-state index >= 15 is 0 Å². The number of H-pyrrole nitrogens is 2. The normalized spacial score (nSPS) is 14.6. The number of aromatic nitrogens is 3. The van der Waals surface area contributed by atoms with Crippen LogP contribution in [0.5, 0.6) is 5.75 Å². The molecule has 3 heterocycles. The number of amides is 1. The maximum Gasteiger partial charge on any atom is 0.256 e. The molecular weight excluding hydrogens is 346 g/mol. The van der Waals surface area contributed by atoms with Crippen LogP contribution in [0.25, 0.3) is 22.7 Å². The van der Waals surface area contributed by atoms with Crippen LogP contribution in [0.2, 0.25) is 0 Å². The van der Waals surface area contributed by atoms with Gasteiger partial charge >= 0.3 is 0 Å². The summed E-state index contributed by atoms with van der Waals surface area (Å²) in [6.45, 7) is 1.43. The van der Waals surface area contributed by atoms with E-state index in [1.807, 2.05) is 18.2 Å². The molecule has 0 saturated heterocycles. The quantitative estimate of drug-likeness (QED) is 0.380. The summed E-state index contributed by atoms with van der Waals surface area (Å²) in [5.41, 5.74) is 4.44. The Morgan fingerprint density at radius 3 is 2.96 bits per heavy atom. The van der Waals surface area contributed by atoms with Crippen molar-refractivity contribution in [2.24, 2.45) is 0 Å². The number of hydrogen-bond donors (Lipinski definition) is 4. The van der Waals surface area contributed by atoms with Gasteiger partial charge in [-0.2, -0.15) is 0 Å². The molecule has 0 bridgehead atoms. The van der Waals surface area contributed by atoms with Gasteiger partial charge in [0.15, 0.2) is 0 Å². The van der Waals surface area contributed by atoms with Gasteiger partial charge in [-0.25, -0.2) is 4.98 Å². The molecule has 0 radical (unpaired) electrons. The van der Waals surface area contributed by atoms with E-state index in [1.54, 1.807) is 26.5 Å². The van der Waals surface area contributed by atoms with Gasteiger partial charge in [-0.3, -0.25) is 4.79 Å². The second kappa shape index (κ2) is 7.16. The minimum atomic E-state index is -0.160. The fourth-order valence-electron chi connectivity index (χ4n) is 3.20. The molecule has 0 unspecified atom stereocenters. The highest BCUT2D eigenvalue weighted by Crippen LogP contribution is 2.38. The number of aromatic amines is 2. The third kappa shape index (κ3) is 3.15. The van der Waals surface area contributed by atoms with Crippen molar-refractivity contribution in [1.29, 1.82) is 0 Å². The van der Waals surface area contributed by atoms with Crippen molar-refractivity contribution in [3.63, 3.8) is 0 Å². The molecule has 1 amide bonds. The second-order valence-corrected chi connectivity index (χ2v) is 6.21. The molecule has 1 aromatic carbocycles. The number of carbonyl (C=O) groups is 1. The Kier molecular flexibility index (Phi) is 4.55. The second-order valence-electron chi connectivity index (χ2n) is 6.21. The lowest BCUT2D eigenvalue weighted by Crippen LogP contribution is -2.05. The van der Waals surface area contributed by atoms with E-state index in [-0.39, 0.29) is 5.91 Å². The molecule has 0 spiro atoms. The van der Waals surface area contributed by atoms with Gasteiger partial charge in [0.2, 0.25) is 5.95 Å². The summed E-state index contributed by atoms with van der Waals surface area (Å²) >= 11 is 0. The lowest BCUT2D eigenvalue weighted by atomic mass is 10.0. The number of benzene rings is 1. The van der Waals surface area contributed by atoms with E-state index in [4.69, 9.17) is 9.47 Å². The zero-order valence-corrected chi connectivity index (χ0v) is 15.2. The van der Waals surface area contributed by atoms with Crippen LogP contribution in [0.15, 0.2) is 24.4 Å². The number of fused-ring (bicyclic) bond motifs is 3. The summed E-state index contributed by atoms with van der Waals surface area (Å²) in [5.74, 6) is 1.19. The van der Waals surface area contributed by atoms with Crippen LogP contribution in [0.1, 0.15) is 17.7 Å². The Morgan fingerprint density at radius 1 is 1.26 bits per heavy atom. The number of rotatable bonds is 7. The minimum absolute atomic E-state index is 0.160. The van der Waals surface area contributed by atoms with Crippen molar-refractivity contribution >= 4 is 40.2 Å². The first-order valence-electron chi connectivity index (χ1n) is 8.71. The summed E-state index contributed by atoms with van der Waals surface area (Å²) in [4.78, 5) is 23.6. The number of nitrogens with zero attached hydrogens (tertiary/aromatic N) is 1. The summed E-state index contributed by atoms with van der Waals surface area (Å²) in [5, 5.41) is 6.16. The monoisotopic (exact) mass is 367 g/mol. The summed E-state index contributed by atoms with van der Waals surface area (Å²) < 4.78 is 10.4. The number of nitrogens with one attached hydrogen (secondary N) is 4. The molecule has 2 aromatic heterocycles. The molecule has 8 heteroatoms. The number of methoxy groups -OCH3 is 2. The van der Waals surface area contributed by atoms with Crippen LogP contribution in [0, 0.1) is 0 Å². The molecule has 1 aliphatic rings. The maximum absolute atomic E-state index is 12.5. The van der Waals surface area contributed by atoms with E-state index in [9.17, 15) is 4.79 Å². The molecular formula is C19H21N5O3. The molecule has 3 aromatic rings. The van der Waals surface area contributed by atoms with E-state index in [2.05, 4.69) is 25.6 Å². The van der Waals surface area contributed by atoms with E-state index in [0.29, 0.717) is 23.9 Å². The summed E-state index contributed by atoms with van der Waals surface area (Å²) in [6.07, 6.45) is 4.44. The molecule has 0 fully saturated rings. The first kappa shape index (κ1) is 17.2. The highest BCUT2D eigenvalue weighted by atomic mass is 16.5. The molecule has 0 aliphatic carbocycles. The Morgan fingerprint density at radius 2 is 2.15 bits per heavy atom. The molecule has 4 N–H and O–H groups in total. The van der Waals surface area contributed by atoms with Crippen LogP contribution in [0.3, 0.4) is 0 Å². The van der Waals surface area contributed by atoms with Crippen LogP contribution in [0.4, 0.5) is 11.6 Å². The van der Waals surface area contributed by atoms with Crippen molar-refractivity contribution in [3.05, 3.63) is 35.7 Å². The summed E-state index contributed by atoms with van der Waals surface area (Å²) in [6, 6.07) is 5.62. The van der Waals surface area contributed by atoms with E-state index in [0.717, 1.165) is 40.9 Å². The lowest BCUT2D eigenvalue weighted by Gasteiger charge is -2.01. The summed E-state index contributed by atoms with van der Waals surface area (Å²) in [7, 11) is 3.28. The lowest BCUT2D eigenvalue weighted by molar-refractivity contribution is -0.110. The van der Waals surface area contributed by atoms with E-state index < -0.39 is 0 Å². The average molecular weight is 367 g/mol. The molecule has 0 saturated carbocycles. The number of imidazole rings is 1. The van der Waals surface area contributed by atoms with Crippen molar-refractivity contribution in [2.45, 2.75) is 6.42 Å². The molecule has 8 nitrogen and oxygen atoms in total. The number of ether oxygens (including phenoxy) is 2. The average Bonchev–Trinajstić information content (AvgIpc) is 3.36. The zero-order valence-electron chi connectivity index (χ0n) is 15.2. The van der Waals surface area contributed by atoms with Gasteiger partial charge < -0.3 is 30.1 Å². The van der Waals surface area contributed by atoms with Crippen molar-refractivity contribution < 1.29 is 14.3 Å². The predicted molar refractivity (Wildman–Crippen MR) is 105 cm³/mol. The van der Waals surface area contributed by atoms with Gasteiger partial charge in [0.25, 0.3) is 5.91 Å². The van der Waals surface area contributed by atoms with Gasteiger partial charge in [-0.1, -0.05) is 0 Å². The smallest absolute Gasteiger partial charge is 0.256 e. The van der Waals surface area contributed by atoms with Crippen LogP contribution >= 0.6 is 0 Å². The fraction of sp³-hybridized carbons (Fsp3) is 0.263. The number of carbonyl (C=O) groups excluding carboxylic acids is 1. The Balaban J connectivity index is 1.72. The Bertz CT molecular complexity index is 1020. The highest BCUT2D eigenvalue weighted by molar-refractivity contribution is 6.37. The third-order valence-corrected chi connectivity index (χ3v) is 4.48. The largest absolute Gasteiger partial charge is 0.495 e. The first-order chi connectivity index (χ1) is 13.2. The van der Waals surface area contributed by atoms with Crippen LogP contribution < -0.4 is 15.4 Å². The van der Waals surface area contributed by atoms with Crippen LogP contribution in [-0.2, 0) is 9.53 Å². The van der Waals surface area contributed by atoms with E-state index in [1.165, 1.54) is 0 Å². The molecule has 1 aliphatic heterocycles. The Hall–Kier alpha value is -3.26. The molecule has 0 atom stereocenters. The third-order valence-electron chi connectivity index (χ3n) is 4.48. The van der Waals surface area contributed by atoms with Crippen molar-refractivity contribution in [3.8, 4) is 5.75 Å². The standard InChI is InChI=1S/C19H21N5O3/c1-26-9-3-7-21-19-23-13-5-4-12-16(17(13)24-19)11(18(25)22-12)10-14-15(27-2)6-8-20-14/h4-6,8,10,20H,3,7,9H2,1-2H3,(H,22,25)(H2,21,23,24)/b11-10-. The number of anilines is 2. The van der Waals surface area contributed by atoms with Crippen molar-refractivity contribution in [1.82, 2.24) is 15.0 Å². The highest BCUT2D eigenvalue weighted by Gasteiger charge is 2.28. The van der Waals surface area contributed by atoms with Gasteiger partial charge in [-0.15, -0.1) is 0 Å². The molecule has 4 rings (SSSR count). The number of hydrogen-bond acceptors (Lipinski definition) is 5. The molecule has 140 valence electrons. The predicted octanol–water partition coefficient (Wildman–Crippen LogP) is 2.84. The van der Waals surface area contributed by atoms with Gasteiger partial charge in [0.05, 0.1) is 29.6 Å².